The van der Waals surface area contributed by atoms with Crippen LogP contribution in [0.15, 0.2) is 42.6 Å². The number of nitrogens with zero attached hydrogens (tertiary/aromatic N) is 2. The van der Waals surface area contributed by atoms with Crippen LogP contribution in [-0.4, -0.2) is 27.7 Å². The fourth-order valence-electron chi connectivity index (χ4n) is 2.41. The molecule has 0 unspecified atom stereocenters. The first-order valence-electron chi connectivity index (χ1n) is 6.46. The van der Waals surface area contributed by atoms with Crippen LogP contribution >= 0.6 is 23.4 Å². The molecule has 1 aliphatic heterocycles. The van der Waals surface area contributed by atoms with Crippen molar-refractivity contribution in [1.29, 1.82) is 0 Å². The van der Waals surface area contributed by atoms with Crippen molar-refractivity contribution in [2.24, 2.45) is 7.05 Å². The molecule has 0 saturated carbocycles. The number of aryl methyl sites for hydroxylation is 1. The van der Waals surface area contributed by atoms with Crippen LogP contribution in [0.3, 0.4) is 0 Å². The molecule has 20 heavy (non-hydrogen) atoms. The van der Waals surface area contributed by atoms with Crippen molar-refractivity contribution < 1.29 is 4.79 Å². The third kappa shape index (κ3) is 2.45. The van der Waals surface area contributed by atoms with Gasteiger partial charge in [-0.15, -0.1) is 11.8 Å². The molecule has 0 aliphatic carbocycles. The van der Waals surface area contributed by atoms with E-state index in [-0.39, 0.29) is 11.3 Å². The summed E-state index contributed by atoms with van der Waals surface area (Å²) in [6, 6.07) is 11.2. The Labute approximate surface area is 127 Å². The Balaban J connectivity index is 1.87. The molecule has 0 spiro atoms. The van der Waals surface area contributed by atoms with Crippen LogP contribution in [-0.2, 0) is 7.05 Å². The number of carbonyl (C=O) groups is 1. The summed E-state index contributed by atoms with van der Waals surface area (Å²) in [4.78, 5) is 14.6. The summed E-state index contributed by atoms with van der Waals surface area (Å²) in [5.41, 5.74) is 1.85. The van der Waals surface area contributed by atoms with Crippen molar-refractivity contribution in [2.45, 2.75) is 5.37 Å². The number of aromatic nitrogens is 1. The number of hydrogen-bond donors (Lipinski definition) is 0. The Bertz CT molecular complexity index is 623. The van der Waals surface area contributed by atoms with Crippen LogP contribution in [0, 0.1) is 0 Å². The fourth-order valence-corrected chi connectivity index (χ4v) is 3.86. The number of thioether (sulfide) groups is 1. The lowest BCUT2D eigenvalue weighted by Crippen LogP contribution is -2.31. The summed E-state index contributed by atoms with van der Waals surface area (Å²) in [7, 11) is 2.01. The van der Waals surface area contributed by atoms with E-state index in [2.05, 4.69) is 10.6 Å². The van der Waals surface area contributed by atoms with Crippen LogP contribution in [0.4, 0.5) is 0 Å². The molecule has 0 N–H and O–H groups in total. The Morgan fingerprint density at radius 2 is 2.05 bits per heavy atom. The molecular formula is C15H15ClN2OS. The van der Waals surface area contributed by atoms with E-state index in [1.54, 1.807) is 36.0 Å². The molecule has 0 radical (unpaired) electrons. The van der Waals surface area contributed by atoms with Gasteiger partial charge in [0, 0.05) is 36.1 Å². The fraction of sp³-hybridized carbons (Fsp3) is 0.267. The molecule has 1 saturated heterocycles. The van der Waals surface area contributed by atoms with Gasteiger partial charge in [-0.3, -0.25) is 4.79 Å². The molecular weight excluding hydrogens is 292 g/mol. The van der Waals surface area contributed by atoms with E-state index in [4.69, 9.17) is 11.6 Å². The van der Waals surface area contributed by atoms with Gasteiger partial charge < -0.3 is 9.47 Å². The minimum absolute atomic E-state index is 0.0675. The molecule has 2 aromatic rings. The lowest BCUT2D eigenvalue weighted by Gasteiger charge is -2.24. The second-order valence-electron chi connectivity index (χ2n) is 4.77. The molecule has 1 aliphatic rings. The highest BCUT2D eigenvalue weighted by Gasteiger charge is 2.32. The quantitative estimate of drug-likeness (QED) is 0.847. The first-order chi connectivity index (χ1) is 9.66. The van der Waals surface area contributed by atoms with Gasteiger partial charge in [0.1, 0.15) is 5.37 Å². The Kier molecular flexibility index (Phi) is 3.76. The van der Waals surface area contributed by atoms with Crippen LogP contribution in [0.2, 0.25) is 5.02 Å². The van der Waals surface area contributed by atoms with Gasteiger partial charge in [-0.25, -0.2) is 0 Å². The predicted molar refractivity (Wildman–Crippen MR) is 83.1 cm³/mol. The topological polar surface area (TPSA) is 25.2 Å². The van der Waals surface area contributed by atoms with Crippen LogP contribution in [0.1, 0.15) is 21.4 Å². The van der Waals surface area contributed by atoms with E-state index < -0.39 is 0 Å². The van der Waals surface area contributed by atoms with Crippen molar-refractivity contribution in [1.82, 2.24) is 9.47 Å². The summed E-state index contributed by atoms with van der Waals surface area (Å²) in [5, 5.41) is 0.745. The number of hydrogen-bond acceptors (Lipinski definition) is 2. The maximum atomic E-state index is 12.6. The molecule has 1 fully saturated rings. The van der Waals surface area contributed by atoms with Gasteiger partial charge >= 0.3 is 0 Å². The number of amides is 1. The monoisotopic (exact) mass is 306 g/mol. The van der Waals surface area contributed by atoms with Gasteiger partial charge in [-0.2, -0.15) is 0 Å². The van der Waals surface area contributed by atoms with Gasteiger partial charge in [0.05, 0.1) is 5.69 Å². The summed E-state index contributed by atoms with van der Waals surface area (Å²) in [5.74, 6) is 1.03. The molecule has 104 valence electrons. The normalized spacial score (nSPS) is 18.5. The molecule has 1 atom stereocenters. The summed E-state index contributed by atoms with van der Waals surface area (Å²) >= 11 is 7.68. The van der Waals surface area contributed by atoms with Crippen molar-refractivity contribution >= 4 is 29.3 Å². The molecule has 1 amide bonds. The van der Waals surface area contributed by atoms with Gasteiger partial charge in [-0.05, 0) is 36.4 Å². The van der Waals surface area contributed by atoms with Gasteiger partial charge in [0.2, 0.25) is 0 Å². The smallest absolute Gasteiger partial charge is 0.255 e. The highest BCUT2D eigenvalue weighted by Crippen LogP contribution is 2.38. The maximum absolute atomic E-state index is 12.6. The standard InChI is InChI=1S/C15H15ClN2OS/c1-17-8-2-3-13(17)15-18(9-10-20-15)14(19)11-4-6-12(16)7-5-11/h2-8,15H,9-10H2,1H3/t15-/m1/s1. The molecule has 1 aromatic carbocycles. The largest absolute Gasteiger partial charge is 0.352 e. The van der Waals surface area contributed by atoms with E-state index >= 15 is 0 Å². The Hall–Kier alpha value is -1.39. The van der Waals surface area contributed by atoms with Gasteiger partial charge in [0.25, 0.3) is 5.91 Å². The Morgan fingerprint density at radius 1 is 1.30 bits per heavy atom. The summed E-state index contributed by atoms with van der Waals surface area (Å²) in [6.07, 6.45) is 2.01. The second-order valence-corrected chi connectivity index (χ2v) is 6.40. The lowest BCUT2D eigenvalue weighted by molar-refractivity contribution is 0.0757. The van der Waals surface area contributed by atoms with E-state index in [0.29, 0.717) is 10.6 Å². The first-order valence-corrected chi connectivity index (χ1v) is 7.89. The molecule has 3 rings (SSSR count). The highest BCUT2D eigenvalue weighted by molar-refractivity contribution is 7.99. The zero-order valence-corrected chi connectivity index (χ0v) is 12.7. The maximum Gasteiger partial charge on any atom is 0.255 e. The van der Waals surface area contributed by atoms with E-state index in [1.165, 1.54) is 0 Å². The first kappa shape index (κ1) is 13.6. The lowest BCUT2D eigenvalue weighted by atomic mass is 10.2. The van der Waals surface area contributed by atoms with Crippen LogP contribution in [0.25, 0.3) is 0 Å². The number of carbonyl (C=O) groups excluding carboxylic acids is 1. The molecule has 5 heteroatoms. The van der Waals surface area contributed by atoms with Gasteiger partial charge in [0.15, 0.2) is 0 Å². The molecule has 1 aromatic heterocycles. The van der Waals surface area contributed by atoms with Crippen molar-refractivity contribution in [3.8, 4) is 0 Å². The predicted octanol–water partition coefficient (Wildman–Crippen LogP) is 3.57. The molecule has 3 nitrogen and oxygen atoms in total. The number of halogens is 1. The van der Waals surface area contributed by atoms with E-state index in [0.717, 1.165) is 18.0 Å². The van der Waals surface area contributed by atoms with Crippen molar-refractivity contribution in [3.05, 3.63) is 58.9 Å². The average Bonchev–Trinajstić information content (AvgIpc) is 3.07. The number of rotatable bonds is 2. The van der Waals surface area contributed by atoms with E-state index in [1.807, 2.05) is 24.2 Å². The van der Waals surface area contributed by atoms with E-state index in [9.17, 15) is 4.79 Å². The number of benzene rings is 1. The van der Waals surface area contributed by atoms with Crippen LogP contribution in [0.5, 0.6) is 0 Å². The summed E-state index contributed by atoms with van der Waals surface area (Å²) < 4.78 is 2.07. The minimum Gasteiger partial charge on any atom is -0.352 e. The zero-order valence-electron chi connectivity index (χ0n) is 11.1. The van der Waals surface area contributed by atoms with Crippen molar-refractivity contribution in [2.75, 3.05) is 12.3 Å². The Morgan fingerprint density at radius 3 is 2.70 bits per heavy atom. The SMILES string of the molecule is Cn1cccc1[C@H]1SCCN1C(=O)c1ccc(Cl)cc1. The molecule has 2 heterocycles. The average molecular weight is 307 g/mol. The second kappa shape index (κ2) is 5.54. The highest BCUT2D eigenvalue weighted by atomic mass is 35.5. The van der Waals surface area contributed by atoms with Gasteiger partial charge in [-0.1, -0.05) is 11.6 Å². The summed E-state index contributed by atoms with van der Waals surface area (Å²) in [6.45, 7) is 0.780. The minimum atomic E-state index is 0.0675. The van der Waals surface area contributed by atoms with Crippen molar-refractivity contribution in [3.63, 3.8) is 0 Å². The molecule has 0 bridgehead atoms. The van der Waals surface area contributed by atoms with Crippen LogP contribution < -0.4 is 0 Å². The third-order valence-electron chi connectivity index (χ3n) is 3.48. The zero-order chi connectivity index (χ0) is 14.1. The third-order valence-corrected chi connectivity index (χ3v) is 4.96.